The number of rotatable bonds is 7. The van der Waals surface area contributed by atoms with Crippen LogP contribution in [0.3, 0.4) is 0 Å². The highest BCUT2D eigenvalue weighted by Gasteiger charge is 2.29. The zero-order valence-corrected chi connectivity index (χ0v) is 12.9. The molecular weight excluding hydrogens is 268 g/mol. The summed E-state index contributed by atoms with van der Waals surface area (Å²) in [6.45, 7) is 5.24. The number of hydrogen-bond acceptors (Lipinski definition) is 4. The quantitative estimate of drug-likeness (QED) is 0.710. The zero-order valence-electron chi connectivity index (χ0n) is 12.1. The second-order valence-electron chi connectivity index (χ2n) is 5.65. The van der Waals surface area contributed by atoms with E-state index in [0.717, 1.165) is 12.8 Å². The summed E-state index contributed by atoms with van der Waals surface area (Å²) in [4.78, 5) is 0. The molecule has 1 aliphatic rings. The summed E-state index contributed by atoms with van der Waals surface area (Å²) in [5, 5.41) is 10.0. The minimum absolute atomic E-state index is 0.00471. The van der Waals surface area contributed by atoms with Gasteiger partial charge < -0.3 is 9.84 Å². The largest absolute Gasteiger partial charge is 0.389 e. The lowest BCUT2D eigenvalue weighted by atomic mass is 10.0. The molecule has 1 atom stereocenters. The van der Waals surface area contributed by atoms with Crippen molar-refractivity contribution >= 4 is 10.2 Å². The van der Waals surface area contributed by atoms with E-state index in [0.29, 0.717) is 32.0 Å². The maximum Gasteiger partial charge on any atom is 0.279 e. The Kier molecular flexibility index (Phi) is 6.19. The molecule has 6 nitrogen and oxygen atoms in total. The number of nitrogens with one attached hydrogen (secondary N) is 1. The molecule has 0 radical (unpaired) electrons. The van der Waals surface area contributed by atoms with Crippen molar-refractivity contribution in [2.75, 3.05) is 33.4 Å². The minimum Gasteiger partial charge on any atom is -0.389 e. The van der Waals surface area contributed by atoms with Crippen molar-refractivity contribution < 1.29 is 18.3 Å². The van der Waals surface area contributed by atoms with Gasteiger partial charge in [0.2, 0.25) is 0 Å². The Morgan fingerprint density at radius 2 is 2.00 bits per heavy atom. The standard InChI is InChI=1S/C12H26N2O4S/c1-11-4-7-14(8-5-11)19(16,17)13-10-12(2,15)6-9-18-3/h11,13,15H,4-10H2,1-3H3. The second kappa shape index (κ2) is 6.99. The first kappa shape index (κ1) is 16.8. The highest BCUT2D eigenvalue weighted by molar-refractivity contribution is 7.87. The van der Waals surface area contributed by atoms with Crippen LogP contribution in [0.15, 0.2) is 0 Å². The molecule has 7 heteroatoms. The summed E-state index contributed by atoms with van der Waals surface area (Å²) in [5.41, 5.74) is -1.09. The third-order valence-electron chi connectivity index (χ3n) is 3.56. The summed E-state index contributed by atoms with van der Waals surface area (Å²) in [5.74, 6) is 0.580. The van der Waals surface area contributed by atoms with Crippen molar-refractivity contribution in [1.82, 2.24) is 9.03 Å². The van der Waals surface area contributed by atoms with Crippen LogP contribution in [0.2, 0.25) is 0 Å². The van der Waals surface area contributed by atoms with Crippen molar-refractivity contribution in [2.45, 2.75) is 38.7 Å². The lowest BCUT2D eigenvalue weighted by molar-refractivity contribution is 0.0288. The van der Waals surface area contributed by atoms with Crippen LogP contribution in [-0.4, -0.2) is 56.8 Å². The van der Waals surface area contributed by atoms with Gasteiger partial charge in [-0.2, -0.15) is 17.4 Å². The number of ether oxygens (including phenoxy) is 1. The van der Waals surface area contributed by atoms with E-state index >= 15 is 0 Å². The maximum atomic E-state index is 12.1. The summed E-state index contributed by atoms with van der Waals surface area (Å²) in [6.07, 6.45) is 2.17. The van der Waals surface area contributed by atoms with E-state index in [-0.39, 0.29) is 6.54 Å². The van der Waals surface area contributed by atoms with Crippen LogP contribution in [0, 0.1) is 5.92 Å². The van der Waals surface area contributed by atoms with E-state index in [2.05, 4.69) is 11.6 Å². The molecule has 0 aromatic rings. The molecule has 0 amide bonds. The van der Waals surface area contributed by atoms with Gasteiger partial charge in [-0.3, -0.25) is 0 Å². The lowest BCUT2D eigenvalue weighted by Gasteiger charge is -2.31. The Balaban J connectivity index is 2.46. The van der Waals surface area contributed by atoms with Crippen LogP contribution < -0.4 is 4.72 Å². The summed E-state index contributed by atoms with van der Waals surface area (Å²) < 4.78 is 33.0. The van der Waals surface area contributed by atoms with E-state index in [4.69, 9.17) is 4.74 Å². The van der Waals surface area contributed by atoms with Crippen molar-refractivity contribution in [3.63, 3.8) is 0 Å². The average Bonchev–Trinajstić information content (AvgIpc) is 2.35. The van der Waals surface area contributed by atoms with Crippen LogP contribution in [0.25, 0.3) is 0 Å². The predicted molar refractivity (Wildman–Crippen MR) is 74.0 cm³/mol. The van der Waals surface area contributed by atoms with Gasteiger partial charge in [-0.1, -0.05) is 6.92 Å². The molecule has 1 aliphatic heterocycles. The van der Waals surface area contributed by atoms with Crippen LogP contribution >= 0.6 is 0 Å². The Bertz CT molecular complexity index is 362. The topological polar surface area (TPSA) is 78.9 Å². The smallest absolute Gasteiger partial charge is 0.279 e. The third-order valence-corrected chi connectivity index (χ3v) is 5.12. The monoisotopic (exact) mass is 294 g/mol. The van der Waals surface area contributed by atoms with E-state index < -0.39 is 15.8 Å². The highest BCUT2D eigenvalue weighted by atomic mass is 32.2. The van der Waals surface area contributed by atoms with Crippen LogP contribution in [0.4, 0.5) is 0 Å². The van der Waals surface area contributed by atoms with Crippen molar-refractivity contribution in [2.24, 2.45) is 5.92 Å². The van der Waals surface area contributed by atoms with Gasteiger partial charge >= 0.3 is 0 Å². The maximum absolute atomic E-state index is 12.1. The Morgan fingerprint density at radius 1 is 1.42 bits per heavy atom. The van der Waals surface area contributed by atoms with Crippen molar-refractivity contribution in [3.05, 3.63) is 0 Å². The van der Waals surface area contributed by atoms with Crippen molar-refractivity contribution in [3.8, 4) is 0 Å². The first-order valence-corrected chi connectivity index (χ1v) is 8.17. The molecule has 2 N–H and O–H groups in total. The normalized spacial score (nSPS) is 22.3. The van der Waals surface area contributed by atoms with Gasteiger partial charge in [0.05, 0.1) is 5.60 Å². The fourth-order valence-corrected chi connectivity index (χ4v) is 3.34. The first-order chi connectivity index (χ1) is 8.77. The van der Waals surface area contributed by atoms with Gasteiger partial charge in [0, 0.05) is 39.8 Å². The molecule has 0 aromatic heterocycles. The molecule has 1 unspecified atom stereocenters. The molecule has 19 heavy (non-hydrogen) atoms. The van der Waals surface area contributed by atoms with Gasteiger partial charge in [0.1, 0.15) is 0 Å². The van der Waals surface area contributed by atoms with Gasteiger partial charge in [-0.05, 0) is 25.7 Å². The zero-order chi connectivity index (χ0) is 14.5. The second-order valence-corrected chi connectivity index (χ2v) is 7.40. The van der Waals surface area contributed by atoms with Crippen LogP contribution in [0.5, 0.6) is 0 Å². The number of nitrogens with zero attached hydrogens (tertiary/aromatic N) is 1. The van der Waals surface area contributed by atoms with Gasteiger partial charge in [-0.25, -0.2) is 0 Å². The Labute approximate surface area is 116 Å². The summed E-state index contributed by atoms with van der Waals surface area (Å²) >= 11 is 0. The number of hydrogen-bond donors (Lipinski definition) is 2. The fraction of sp³-hybridized carbons (Fsp3) is 1.00. The van der Waals surface area contributed by atoms with Gasteiger partial charge in [0.25, 0.3) is 10.2 Å². The molecular formula is C12H26N2O4S. The molecule has 114 valence electrons. The average molecular weight is 294 g/mol. The molecule has 1 rings (SSSR count). The first-order valence-electron chi connectivity index (χ1n) is 6.73. The molecule has 0 saturated carbocycles. The molecule has 0 bridgehead atoms. The summed E-state index contributed by atoms with van der Waals surface area (Å²) in [6, 6.07) is 0. The SMILES string of the molecule is COCCC(C)(O)CNS(=O)(=O)N1CCC(C)CC1. The Hall–Kier alpha value is -0.210. The third kappa shape index (κ3) is 5.74. The lowest BCUT2D eigenvalue weighted by Crippen LogP contribution is -2.49. The van der Waals surface area contributed by atoms with E-state index in [1.807, 2.05) is 0 Å². The minimum atomic E-state index is -3.48. The molecule has 1 saturated heterocycles. The van der Waals surface area contributed by atoms with E-state index in [1.54, 1.807) is 14.0 Å². The molecule has 0 spiro atoms. The van der Waals surface area contributed by atoms with Gasteiger partial charge in [0.15, 0.2) is 0 Å². The number of aliphatic hydroxyl groups is 1. The fourth-order valence-electron chi connectivity index (χ4n) is 1.97. The Morgan fingerprint density at radius 3 is 2.53 bits per heavy atom. The van der Waals surface area contributed by atoms with Crippen LogP contribution in [-0.2, 0) is 14.9 Å². The van der Waals surface area contributed by atoms with E-state index in [9.17, 15) is 13.5 Å². The highest BCUT2D eigenvalue weighted by Crippen LogP contribution is 2.18. The molecule has 1 fully saturated rings. The summed E-state index contributed by atoms with van der Waals surface area (Å²) in [7, 11) is -1.93. The molecule has 0 aliphatic carbocycles. The number of piperidine rings is 1. The molecule has 0 aromatic carbocycles. The van der Waals surface area contributed by atoms with Crippen molar-refractivity contribution in [1.29, 1.82) is 0 Å². The van der Waals surface area contributed by atoms with Crippen LogP contribution in [0.1, 0.15) is 33.1 Å². The van der Waals surface area contributed by atoms with Gasteiger partial charge in [-0.15, -0.1) is 0 Å². The van der Waals surface area contributed by atoms with E-state index in [1.165, 1.54) is 4.31 Å². The molecule has 1 heterocycles. The number of methoxy groups -OCH3 is 1. The predicted octanol–water partition coefficient (Wildman–Crippen LogP) is 0.340.